The second-order valence-corrected chi connectivity index (χ2v) is 4.96. The summed E-state index contributed by atoms with van der Waals surface area (Å²) in [6.45, 7) is 1.88. The van der Waals surface area contributed by atoms with Crippen LogP contribution in [0.25, 0.3) is 0 Å². The molecule has 1 aliphatic carbocycles. The Bertz CT molecular complexity index is 616. The van der Waals surface area contributed by atoms with Gasteiger partial charge in [-0.1, -0.05) is 11.6 Å². The lowest BCUT2D eigenvalue weighted by atomic mass is 9.97. The van der Waals surface area contributed by atoms with Crippen molar-refractivity contribution in [1.82, 2.24) is 15.0 Å². The Hall–Kier alpha value is -1.68. The summed E-state index contributed by atoms with van der Waals surface area (Å²) in [6.07, 6.45) is 5.92. The largest absolute Gasteiger partial charge is 0.435 e. The number of ether oxygens (including phenoxy) is 1. The standard InChI is InChI=1S/C14H14ClN3O/c1-9-17-11-6-3-2-5-10(11)14(18-9)19-12-7-4-8-16-13(12)15/h4,7-8H,2-3,5-6H2,1H3. The Labute approximate surface area is 116 Å². The molecule has 0 atom stereocenters. The van der Waals surface area contributed by atoms with E-state index in [0.29, 0.717) is 16.8 Å². The predicted molar refractivity (Wildman–Crippen MR) is 72.7 cm³/mol. The van der Waals surface area contributed by atoms with Crippen LogP contribution in [-0.4, -0.2) is 15.0 Å². The maximum absolute atomic E-state index is 6.02. The van der Waals surface area contributed by atoms with Gasteiger partial charge in [-0.2, -0.15) is 4.98 Å². The number of rotatable bonds is 2. The molecule has 2 aromatic rings. The Balaban J connectivity index is 2.01. The second-order valence-electron chi connectivity index (χ2n) is 4.60. The SMILES string of the molecule is Cc1nc2c(c(Oc3cccnc3Cl)n1)CCCC2. The average molecular weight is 276 g/mol. The molecular weight excluding hydrogens is 262 g/mol. The van der Waals surface area contributed by atoms with E-state index in [-0.39, 0.29) is 0 Å². The maximum atomic E-state index is 6.02. The molecule has 5 heteroatoms. The normalized spacial score (nSPS) is 14.0. The highest BCUT2D eigenvalue weighted by Crippen LogP contribution is 2.32. The van der Waals surface area contributed by atoms with Crippen molar-refractivity contribution < 1.29 is 4.74 Å². The number of hydrogen-bond donors (Lipinski definition) is 0. The van der Waals surface area contributed by atoms with Crippen LogP contribution in [0.5, 0.6) is 11.6 Å². The molecule has 0 bridgehead atoms. The topological polar surface area (TPSA) is 47.9 Å². The molecule has 0 radical (unpaired) electrons. The lowest BCUT2D eigenvalue weighted by Gasteiger charge is -2.18. The molecule has 3 rings (SSSR count). The van der Waals surface area contributed by atoms with E-state index in [9.17, 15) is 0 Å². The van der Waals surface area contributed by atoms with Crippen LogP contribution in [0.1, 0.15) is 29.9 Å². The molecular formula is C14H14ClN3O. The van der Waals surface area contributed by atoms with Crippen molar-refractivity contribution in [2.24, 2.45) is 0 Å². The molecule has 2 heterocycles. The average Bonchev–Trinajstić information content (AvgIpc) is 2.41. The summed E-state index contributed by atoms with van der Waals surface area (Å²) < 4.78 is 5.84. The first-order valence-corrected chi connectivity index (χ1v) is 6.76. The van der Waals surface area contributed by atoms with Crippen molar-refractivity contribution >= 4 is 11.6 Å². The summed E-state index contributed by atoms with van der Waals surface area (Å²) in [5.74, 6) is 1.89. The Morgan fingerprint density at radius 2 is 2.05 bits per heavy atom. The molecule has 0 amide bonds. The van der Waals surface area contributed by atoms with E-state index >= 15 is 0 Å². The Morgan fingerprint density at radius 1 is 1.21 bits per heavy atom. The molecule has 19 heavy (non-hydrogen) atoms. The number of aryl methyl sites for hydroxylation is 2. The number of nitrogens with zero attached hydrogens (tertiary/aromatic N) is 3. The van der Waals surface area contributed by atoms with Crippen molar-refractivity contribution in [2.45, 2.75) is 32.6 Å². The van der Waals surface area contributed by atoms with Gasteiger partial charge >= 0.3 is 0 Å². The third kappa shape index (κ3) is 2.54. The van der Waals surface area contributed by atoms with Crippen LogP contribution in [0.15, 0.2) is 18.3 Å². The maximum Gasteiger partial charge on any atom is 0.226 e. The van der Waals surface area contributed by atoms with Crippen LogP contribution < -0.4 is 4.74 Å². The van der Waals surface area contributed by atoms with Crippen LogP contribution in [-0.2, 0) is 12.8 Å². The molecule has 0 aromatic carbocycles. The summed E-state index contributed by atoms with van der Waals surface area (Å²) in [5.41, 5.74) is 2.21. The van der Waals surface area contributed by atoms with E-state index < -0.39 is 0 Å². The third-order valence-electron chi connectivity index (χ3n) is 3.19. The number of pyridine rings is 1. The molecule has 2 aromatic heterocycles. The van der Waals surface area contributed by atoms with E-state index in [0.717, 1.165) is 36.3 Å². The summed E-state index contributed by atoms with van der Waals surface area (Å²) in [7, 11) is 0. The van der Waals surface area contributed by atoms with Crippen molar-refractivity contribution in [1.29, 1.82) is 0 Å². The van der Waals surface area contributed by atoms with Crippen molar-refractivity contribution in [3.05, 3.63) is 40.6 Å². The monoisotopic (exact) mass is 275 g/mol. The molecule has 0 unspecified atom stereocenters. The van der Waals surface area contributed by atoms with Gasteiger partial charge in [-0.05, 0) is 44.7 Å². The van der Waals surface area contributed by atoms with E-state index in [1.54, 1.807) is 18.3 Å². The highest BCUT2D eigenvalue weighted by Gasteiger charge is 2.19. The molecule has 0 N–H and O–H groups in total. The van der Waals surface area contributed by atoms with Gasteiger partial charge in [0.15, 0.2) is 10.9 Å². The zero-order valence-electron chi connectivity index (χ0n) is 10.7. The number of hydrogen-bond acceptors (Lipinski definition) is 4. The highest BCUT2D eigenvalue weighted by molar-refractivity contribution is 6.30. The fraction of sp³-hybridized carbons (Fsp3) is 0.357. The zero-order valence-corrected chi connectivity index (χ0v) is 11.4. The van der Waals surface area contributed by atoms with Gasteiger partial charge in [0, 0.05) is 11.8 Å². The van der Waals surface area contributed by atoms with Crippen LogP contribution >= 0.6 is 11.6 Å². The summed E-state index contributed by atoms with van der Waals surface area (Å²) >= 11 is 6.02. The van der Waals surface area contributed by atoms with Gasteiger partial charge in [-0.15, -0.1) is 0 Å². The predicted octanol–water partition coefficient (Wildman–Crippen LogP) is 3.50. The summed E-state index contributed by atoms with van der Waals surface area (Å²) in [6, 6.07) is 3.59. The molecule has 4 nitrogen and oxygen atoms in total. The van der Waals surface area contributed by atoms with Gasteiger partial charge in [0.05, 0.1) is 5.69 Å². The van der Waals surface area contributed by atoms with Crippen LogP contribution in [0.4, 0.5) is 0 Å². The van der Waals surface area contributed by atoms with E-state index in [4.69, 9.17) is 16.3 Å². The minimum absolute atomic E-state index is 0.350. The van der Waals surface area contributed by atoms with Gasteiger partial charge in [-0.25, -0.2) is 9.97 Å². The second kappa shape index (κ2) is 5.13. The Morgan fingerprint density at radius 3 is 2.89 bits per heavy atom. The van der Waals surface area contributed by atoms with Crippen LogP contribution in [0.3, 0.4) is 0 Å². The van der Waals surface area contributed by atoms with E-state index in [2.05, 4.69) is 15.0 Å². The quantitative estimate of drug-likeness (QED) is 0.787. The number of aromatic nitrogens is 3. The first kappa shape index (κ1) is 12.4. The minimum Gasteiger partial charge on any atom is -0.435 e. The molecule has 0 spiro atoms. The van der Waals surface area contributed by atoms with Crippen molar-refractivity contribution in [3.63, 3.8) is 0 Å². The molecule has 1 aliphatic rings. The van der Waals surface area contributed by atoms with Gasteiger partial charge < -0.3 is 4.74 Å². The van der Waals surface area contributed by atoms with Crippen molar-refractivity contribution in [2.75, 3.05) is 0 Å². The first-order chi connectivity index (χ1) is 9.24. The Kier molecular flexibility index (Phi) is 3.34. The van der Waals surface area contributed by atoms with Crippen LogP contribution in [0.2, 0.25) is 5.15 Å². The fourth-order valence-electron chi connectivity index (χ4n) is 2.31. The van der Waals surface area contributed by atoms with Crippen LogP contribution in [0, 0.1) is 6.92 Å². The highest BCUT2D eigenvalue weighted by atomic mass is 35.5. The summed E-state index contributed by atoms with van der Waals surface area (Å²) in [4.78, 5) is 12.9. The first-order valence-electron chi connectivity index (χ1n) is 6.39. The van der Waals surface area contributed by atoms with E-state index in [1.165, 1.54) is 6.42 Å². The molecule has 0 saturated heterocycles. The molecule has 98 valence electrons. The van der Waals surface area contributed by atoms with Gasteiger partial charge in [0.1, 0.15) is 5.82 Å². The van der Waals surface area contributed by atoms with Crippen molar-refractivity contribution in [3.8, 4) is 11.6 Å². The molecule has 0 aliphatic heterocycles. The van der Waals surface area contributed by atoms with Gasteiger partial charge in [0.2, 0.25) is 5.88 Å². The third-order valence-corrected chi connectivity index (χ3v) is 3.47. The molecule has 0 saturated carbocycles. The minimum atomic E-state index is 0.350. The fourth-order valence-corrected chi connectivity index (χ4v) is 2.47. The van der Waals surface area contributed by atoms with Gasteiger partial charge in [0.25, 0.3) is 0 Å². The smallest absolute Gasteiger partial charge is 0.226 e. The number of fused-ring (bicyclic) bond motifs is 1. The van der Waals surface area contributed by atoms with E-state index in [1.807, 2.05) is 6.92 Å². The number of halogens is 1. The summed E-state index contributed by atoms with van der Waals surface area (Å²) in [5, 5.41) is 0.350. The lowest BCUT2D eigenvalue weighted by Crippen LogP contribution is -2.10. The van der Waals surface area contributed by atoms with Gasteiger partial charge in [-0.3, -0.25) is 0 Å². The molecule has 0 fully saturated rings. The zero-order chi connectivity index (χ0) is 13.2. The lowest BCUT2D eigenvalue weighted by molar-refractivity contribution is 0.443.